The standard InChI is InChI=1S/C20H16IN3O2S/c1-14(25)24(18-5-3-2-4-6-18)20-23-17(13-27-20)11-12-19(26)22-16-9-7-15(21)8-10-16/h2-13H,1H3,(H,22,26)/b12-11+. The van der Waals surface area contributed by atoms with Gasteiger partial charge >= 0.3 is 0 Å². The van der Waals surface area contributed by atoms with Gasteiger partial charge < -0.3 is 5.32 Å². The molecule has 0 spiro atoms. The minimum Gasteiger partial charge on any atom is -0.323 e. The molecule has 136 valence electrons. The maximum absolute atomic E-state index is 12.1. The van der Waals surface area contributed by atoms with Gasteiger partial charge in [-0.2, -0.15) is 0 Å². The van der Waals surface area contributed by atoms with E-state index in [2.05, 4.69) is 32.9 Å². The second-order valence-electron chi connectivity index (χ2n) is 5.57. The molecule has 0 radical (unpaired) electrons. The molecular weight excluding hydrogens is 473 g/mol. The second kappa shape index (κ2) is 8.92. The maximum atomic E-state index is 12.1. The van der Waals surface area contributed by atoms with Crippen LogP contribution in [-0.4, -0.2) is 16.8 Å². The van der Waals surface area contributed by atoms with Crippen LogP contribution in [-0.2, 0) is 9.59 Å². The summed E-state index contributed by atoms with van der Waals surface area (Å²) in [4.78, 5) is 30.1. The van der Waals surface area contributed by atoms with Crippen LogP contribution >= 0.6 is 33.9 Å². The number of amides is 2. The van der Waals surface area contributed by atoms with Crippen molar-refractivity contribution >= 4 is 68.3 Å². The molecule has 7 heteroatoms. The molecule has 1 aromatic heterocycles. The molecule has 0 bridgehead atoms. The SMILES string of the molecule is CC(=O)N(c1ccccc1)c1nc(/C=C/C(=O)Nc2ccc(I)cc2)cs1. The number of halogens is 1. The molecule has 0 unspecified atom stereocenters. The van der Waals surface area contributed by atoms with E-state index in [1.807, 2.05) is 60.0 Å². The molecule has 3 rings (SSSR count). The summed E-state index contributed by atoms with van der Waals surface area (Å²) < 4.78 is 1.10. The number of thiazole rings is 1. The summed E-state index contributed by atoms with van der Waals surface area (Å²) in [6.45, 7) is 1.50. The molecule has 2 aromatic carbocycles. The number of anilines is 3. The summed E-state index contributed by atoms with van der Waals surface area (Å²) in [7, 11) is 0. The number of carbonyl (C=O) groups excluding carboxylic acids is 2. The van der Waals surface area contributed by atoms with Crippen LogP contribution < -0.4 is 10.2 Å². The largest absolute Gasteiger partial charge is 0.323 e. The Hall–Kier alpha value is -2.52. The molecule has 2 amide bonds. The van der Waals surface area contributed by atoms with Crippen LogP contribution in [0.4, 0.5) is 16.5 Å². The van der Waals surface area contributed by atoms with Crippen LogP contribution in [0.5, 0.6) is 0 Å². The maximum Gasteiger partial charge on any atom is 0.248 e. The highest BCUT2D eigenvalue weighted by Crippen LogP contribution is 2.29. The molecule has 0 saturated carbocycles. The summed E-state index contributed by atoms with van der Waals surface area (Å²) in [6, 6.07) is 16.9. The average molecular weight is 489 g/mol. The Bertz CT molecular complexity index is 968. The lowest BCUT2D eigenvalue weighted by molar-refractivity contribution is -0.116. The summed E-state index contributed by atoms with van der Waals surface area (Å²) in [5.41, 5.74) is 2.11. The third-order valence-corrected chi connectivity index (χ3v) is 5.11. The van der Waals surface area contributed by atoms with E-state index in [9.17, 15) is 9.59 Å². The van der Waals surface area contributed by atoms with E-state index in [-0.39, 0.29) is 11.8 Å². The average Bonchev–Trinajstić information content (AvgIpc) is 3.11. The van der Waals surface area contributed by atoms with Gasteiger partial charge in [0.1, 0.15) is 0 Å². The lowest BCUT2D eigenvalue weighted by Crippen LogP contribution is -2.22. The number of nitrogens with zero attached hydrogens (tertiary/aromatic N) is 2. The number of para-hydroxylation sites is 1. The van der Waals surface area contributed by atoms with Gasteiger partial charge in [0, 0.05) is 27.6 Å². The number of hydrogen-bond acceptors (Lipinski definition) is 4. The lowest BCUT2D eigenvalue weighted by atomic mass is 10.3. The first kappa shape index (κ1) is 19.2. The lowest BCUT2D eigenvalue weighted by Gasteiger charge is -2.17. The van der Waals surface area contributed by atoms with Gasteiger partial charge in [0.2, 0.25) is 11.8 Å². The zero-order valence-electron chi connectivity index (χ0n) is 14.4. The van der Waals surface area contributed by atoms with Gasteiger partial charge in [-0.15, -0.1) is 11.3 Å². The molecule has 0 fully saturated rings. The topological polar surface area (TPSA) is 62.3 Å². The fourth-order valence-electron chi connectivity index (χ4n) is 2.34. The Morgan fingerprint density at radius 1 is 1.11 bits per heavy atom. The molecule has 0 atom stereocenters. The first-order chi connectivity index (χ1) is 13.0. The first-order valence-corrected chi connectivity index (χ1v) is 10.0. The van der Waals surface area contributed by atoms with Crippen LogP contribution in [0.15, 0.2) is 66.1 Å². The molecule has 5 nitrogen and oxygen atoms in total. The van der Waals surface area contributed by atoms with E-state index >= 15 is 0 Å². The van der Waals surface area contributed by atoms with Gasteiger partial charge in [-0.3, -0.25) is 14.5 Å². The van der Waals surface area contributed by atoms with Crippen molar-refractivity contribution in [3.63, 3.8) is 0 Å². The smallest absolute Gasteiger partial charge is 0.248 e. The predicted octanol–water partition coefficient (Wildman–Crippen LogP) is 5.08. The van der Waals surface area contributed by atoms with Crippen molar-refractivity contribution in [2.45, 2.75) is 6.92 Å². The van der Waals surface area contributed by atoms with Crippen molar-refractivity contribution in [1.29, 1.82) is 0 Å². The predicted molar refractivity (Wildman–Crippen MR) is 118 cm³/mol. The van der Waals surface area contributed by atoms with Gasteiger partial charge in [0.05, 0.1) is 11.4 Å². The summed E-state index contributed by atoms with van der Waals surface area (Å²) in [5, 5.41) is 5.16. The number of carbonyl (C=O) groups is 2. The van der Waals surface area contributed by atoms with E-state index in [4.69, 9.17) is 0 Å². The summed E-state index contributed by atoms with van der Waals surface area (Å²) >= 11 is 3.56. The van der Waals surface area contributed by atoms with Crippen molar-refractivity contribution in [3.05, 3.63) is 75.3 Å². The molecule has 0 aliphatic heterocycles. The Labute approximate surface area is 174 Å². The van der Waals surface area contributed by atoms with Crippen LogP contribution in [0.25, 0.3) is 6.08 Å². The minimum atomic E-state index is -0.239. The van der Waals surface area contributed by atoms with Gasteiger partial charge in [-0.05, 0) is 65.1 Å². The number of rotatable bonds is 5. The fraction of sp³-hybridized carbons (Fsp3) is 0.0500. The second-order valence-corrected chi connectivity index (χ2v) is 7.66. The van der Waals surface area contributed by atoms with E-state index < -0.39 is 0 Å². The fourth-order valence-corrected chi connectivity index (χ4v) is 3.55. The molecule has 1 N–H and O–H groups in total. The molecule has 27 heavy (non-hydrogen) atoms. The molecule has 0 saturated heterocycles. The van der Waals surface area contributed by atoms with Crippen LogP contribution in [0.1, 0.15) is 12.6 Å². The zero-order valence-corrected chi connectivity index (χ0v) is 17.4. The zero-order chi connectivity index (χ0) is 19.2. The Kier molecular flexibility index (Phi) is 6.36. The van der Waals surface area contributed by atoms with Gasteiger partial charge in [0.25, 0.3) is 0 Å². The number of nitrogens with one attached hydrogen (secondary N) is 1. The van der Waals surface area contributed by atoms with E-state index in [0.29, 0.717) is 10.8 Å². The number of hydrogen-bond donors (Lipinski definition) is 1. The summed E-state index contributed by atoms with van der Waals surface area (Å²) in [5.74, 6) is -0.361. The molecule has 1 heterocycles. The van der Waals surface area contributed by atoms with Crippen molar-refractivity contribution in [3.8, 4) is 0 Å². The van der Waals surface area contributed by atoms with E-state index in [1.165, 1.54) is 24.3 Å². The minimum absolute atomic E-state index is 0.123. The van der Waals surface area contributed by atoms with E-state index in [1.54, 1.807) is 11.0 Å². The monoisotopic (exact) mass is 489 g/mol. The highest BCUT2D eigenvalue weighted by molar-refractivity contribution is 14.1. The Balaban J connectivity index is 1.71. The van der Waals surface area contributed by atoms with Crippen molar-refractivity contribution < 1.29 is 9.59 Å². The van der Waals surface area contributed by atoms with Crippen molar-refractivity contribution in [2.24, 2.45) is 0 Å². The molecule has 3 aromatic rings. The highest BCUT2D eigenvalue weighted by atomic mass is 127. The normalized spacial score (nSPS) is 10.7. The van der Waals surface area contributed by atoms with Crippen molar-refractivity contribution in [2.75, 3.05) is 10.2 Å². The Morgan fingerprint density at radius 3 is 2.48 bits per heavy atom. The quantitative estimate of drug-likeness (QED) is 0.402. The van der Waals surface area contributed by atoms with Crippen LogP contribution in [0.3, 0.4) is 0 Å². The van der Waals surface area contributed by atoms with E-state index in [0.717, 1.165) is 14.9 Å². The third kappa shape index (κ3) is 5.24. The van der Waals surface area contributed by atoms with Crippen LogP contribution in [0.2, 0.25) is 0 Å². The third-order valence-electron chi connectivity index (χ3n) is 3.55. The molecule has 0 aliphatic carbocycles. The summed E-state index contributed by atoms with van der Waals surface area (Å²) in [6.07, 6.45) is 3.06. The first-order valence-electron chi connectivity index (χ1n) is 8.09. The van der Waals surface area contributed by atoms with Crippen molar-refractivity contribution in [1.82, 2.24) is 4.98 Å². The van der Waals surface area contributed by atoms with Gasteiger partial charge in [-0.25, -0.2) is 4.98 Å². The number of aromatic nitrogens is 1. The van der Waals surface area contributed by atoms with Gasteiger partial charge in [0.15, 0.2) is 5.13 Å². The molecule has 0 aliphatic rings. The van der Waals surface area contributed by atoms with Gasteiger partial charge in [-0.1, -0.05) is 18.2 Å². The number of benzene rings is 2. The Morgan fingerprint density at radius 2 is 1.81 bits per heavy atom. The molecular formula is C20H16IN3O2S. The highest BCUT2D eigenvalue weighted by Gasteiger charge is 2.17. The van der Waals surface area contributed by atoms with Crippen LogP contribution in [0, 0.1) is 3.57 Å².